The molecule has 0 spiro atoms. The van der Waals surface area contributed by atoms with Gasteiger partial charge in [-0.15, -0.1) is 0 Å². The molecule has 2 amide bonds. The number of hydrogen-bond donors (Lipinski definition) is 1. The van der Waals surface area contributed by atoms with Crippen molar-refractivity contribution in [2.45, 2.75) is 26.8 Å². The number of nitriles is 1. The fourth-order valence-corrected chi connectivity index (χ4v) is 1.79. The highest BCUT2D eigenvalue weighted by molar-refractivity contribution is 7.98. The molecule has 0 aliphatic carbocycles. The first kappa shape index (κ1) is 17.6. The molecule has 0 aromatic rings. The van der Waals surface area contributed by atoms with E-state index in [4.69, 9.17) is 10.00 Å². The summed E-state index contributed by atoms with van der Waals surface area (Å²) in [6.07, 6.45) is 2.99. The smallest absolute Gasteiger partial charge is 0.407 e. The van der Waals surface area contributed by atoms with Crippen LogP contribution in [-0.4, -0.2) is 48.1 Å². The van der Waals surface area contributed by atoms with Gasteiger partial charge in [0.1, 0.15) is 6.04 Å². The first-order valence-electron chi connectivity index (χ1n) is 6.09. The van der Waals surface area contributed by atoms with Crippen molar-refractivity contribution in [3.63, 3.8) is 0 Å². The maximum Gasteiger partial charge on any atom is 0.407 e. The Labute approximate surface area is 118 Å². The van der Waals surface area contributed by atoms with Gasteiger partial charge < -0.3 is 10.1 Å². The second-order valence-corrected chi connectivity index (χ2v) is 5.24. The van der Waals surface area contributed by atoms with Gasteiger partial charge >= 0.3 is 6.09 Å². The van der Waals surface area contributed by atoms with Gasteiger partial charge in [0, 0.05) is 12.3 Å². The van der Waals surface area contributed by atoms with E-state index in [2.05, 4.69) is 5.32 Å². The second kappa shape index (κ2) is 9.50. The molecule has 0 rings (SSSR count). The predicted molar refractivity (Wildman–Crippen MR) is 74.5 cm³/mol. The highest BCUT2D eigenvalue weighted by atomic mass is 32.2. The summed E-state index contributed by atoms with van der Waals surface area (Å²) in [6.45, 7) is 6.12. The standard InChI is InChI=1S/C12H21N3O3S/c1-5-15(8-13)11(16)10(7-19-4)14-12(17)18-6-9(2)3/h9-10H,5-7H2,1-4H3,(H,14,17). The molecule has 0 fully saturated rings. The van der Waals surface area contributed by atoms with Crippen LogP contribution >= 0.6 is 11.8 Å². The number of alkyl carbamates (subject to hydrolysis) is 1. The van der Waals surface area contributed by atoms with Gasteiger partial charge in [0.15, 0.2) is 6.19 Å². The molecule has 0 aliphatic rings. The topological polar surface area (TPSA) is 82.4 Å². The van der Waals surface area contributed by atoms with Crippen LogP contribution in [0.4, 0.5) is 4.79 Å². The van der Waals surface area contributed by atoms with E-state index in [-0.39, 0.29) is 12.5 Å². The molecule has 0 aromatic heterocycles. The molecular weight excluding hydrogens is 266 g/mol. The van der Waals surface area contributed by atoms with Crippen LogP contribution in [0.5, 0.6) is 0 Å². The minimum absolute atomic E-state index is 0.228. The van der Waals surface area contributed by atoms with Crippen molar-refractivity contribution in [1.29, 1.82) is 5.26 Å². The summed E-state index contributed by atoms with van der Waals surface area (Å²) in [7, 11) is 0. The molecule has 1 N–H and O–H groups in total. The van der Waals surface area contributed by atoms with E-state index >= 15 is 0 Å². The maximum absolute atomic E-state index is 12.0. The Morgan fingerprint density at radius 1 is 1.47 bits per heavy atom. The number of nitrogens with zero attached hydrogens (tertiary/aromatic N) is 2. The average molecular weight is 287 g/mol. The summed E-state index contributed by atoms with van der Waals surface area (Å²) in [5.41, 5.74) is 0. The number of thioether (sulfide) groups is 1. The van der Waals surface area contributed by atoms with E-state index in [1.807, 2.05) is 20.1 Å². The number of carbonyl (C=O) groups is 2. The summed E-state index contributed by atoms with van der Waals surface area (Å²) in [5, 5.41) is 11.3. The SMILES string of the molecule is CCN(C#N)C(=O)C(CSC)NC(=O)OCC(C)C. The molecule has 0 radical (unpaired) electrons. The number of carbonyl (C=O) groups excluding carboxylic acids is 2. The first-order chi connectivity index (χ1) is 8.96. The third kappa shape index (κ3) is 6.91. The van der Waals surface area contributed by atoms with E-state index in [0.29, 0.717) is 12.4 Å². The maximum atomic E-state index is 12.0. The lowest BCUT2D eigenvalue weighted by atomic mass is 10.2. The summed E-state index contributed by atoms with van der Waals surface area (Å²) in [4.78, 5) is 24.5. The van der Waals surface area contributed by atoms with Crippen LogP contribution in [0, 0.1) is 17.4 Å². The van der Waals surface area contributed by atoms with Crippen LogP contribution in [0.3, 0.4) is 0 Å². The summed E-state index contributed by atoms with van der Waals surface area (Å²) in [5.74, 6) is 0.209. The summed E-state index contributed by atoms with van der Waals surface area (Å²) in [6, 6.07) is -0.741. The van der Waals surface area contributed by atoms with Gasteiger partial charge in [0.05, 0.1) is 6.61 Å². The lowest BCUT2D eigenvalue weighted by molar-refractivity contribution is -0.129. The van der Waals surface area contributed by atoms with Gasteiger partial charge in [0.25, 0.3) is 5.91 Å². The fourth-order valence-electron chi connectivity index (χ4n) is 1.23. The quantitative estimate of drug-likeness (QED) is 0.566. The summed E-state index contributed by atoms with van der Waals surface area (Å²) < 4.78 is 4.96. The van der Waals surface area contributed by atoms with E-state index in [1.165, 1.54) is 11.8 Å². The monoisotopic (exact) mass is 287 g/mol. The van der Waals surface area contributed by atoms with E-state index in [1.54, 1.807) is 13.1 Å². The van der Waals surface area contributed by atoms with Crippen LogP contribution in [0.2, 0.25) is 0 Å². The third-order valence-corrected chi connectivity index (χ3v) is 2.84. The van der Waals surface area contributed by atoms with Crippen molar-refractivity contribution in [2.24, 2.45) is 5.92 Å². The van der Waals surface area contributed by atoms with Crippen molar-refractivity contribution in [3.8, 4) is 6.19 Å². The Hall–Kier alpha value is -1.42. The molecule has 7 heteroatoms. The molecular formula is C12H21N3O3S. The minimum Gasteiger partial charge on any atom is -0.449 e. The molecule has 0 saturated heterocycles. The molecule has 0 aliphatic heterocycles. The molecule has 19 heavy (non-hydrogen) atoms. The van der Waals surface area contributed by atoms with E-state index in [0.717, 1.165) is 4.90 Å². The van der Waals surface area contributed by atoms with Gasteiger partial charge in [0.2, 0.25) is 0 Å². The van der Waals surface area contributed by atoms with Crippen LogP contribution in [0.25, 0.3) is 0 Å². The largest absolute Gasteiger partial charge is 0.449 e. The zero-order chi connectivity index (χ0) is 14.8. The second-order valence-electron chi connectivity index (χ2n) is 4.33. The van der Waals surface area contributed by atoms with Crippen molar-refractivity contribution >= 4 is 23.8 Å². The molecule has 6 nitrogen and oxygen atoms in total. The zero-order valence-electron chi connectivity index (χ0n) is 11.8. The number of ether oxygens (including phenoxy) is 1. The molecule has 0 bridgehead atoms. The Morgan fingerprint density at radius 2 is 2.11 bits per heavy atom. The van der Waals surface area contributed by atoms with Crippen molar-refractivity contribution in [2.75, 3.05) is 25.2 Å². The highest BCUT2D eigenvalue weighted by Crippen LogP contribution is 2.03. The van der Waals surface area contributed by atoms with Crippen LogP contribution in [0.15, 0.2) is 0 Å². The Morgan fingerprint density at radius 3 is 2.53 bits per heavy atom. The van der Waals surface area contributed by atoms with Crippen molar-refractivity contribution in [3.05, 3.63) is 0 Å². The fraction of sp³-hybridized carbons (Fsp3) is 0.750. The zero-order valence-corrected chi connectivity index (χ0v) is 12.6. The minimum atomic E-state index is -0.741. The van der Waals surface area contributed by atoms with Crippen LogP contribution < -0.4 is 5.32 Å². The molecule has 0 aromatic carbocycles. The predicted octanol–water partition coefficient (Wildman–Crippen LogP) is 1.43. The Bertz CT molecular complexity index is 342. The third-order valence-electron chi connectivity index (χ3n) is 2.17. The Kier molecular flexibility index (Phi) is 8.79. The number of amides is 2. The van der Waals surface area contributed by atoms with Gasteiger partial charge in [-0.2, -0.15) is 17.0 Å². The van der Waals surface area contributed by atoms with Gasteiger partial charge in [-0.1, -0.05) is 13.8 Å². The number of rotatable bonds is 7. The van der Waals surface area contributed by atoms with E-state index in [9.17, 15) is 9.59 Å². The lowest BCUT2D eigenvalue weighted by Gasteiger charge is -2.20. The van der Waals surface area contributed by atoms with Crippen LogP contribution in [0.1, 0.15) is 20.8 Å². The summed E-state index contributed by atoms with van der Waals surface area (Å²) >= 11 is 1.42. The normalized spacial score (nSPS) is 11.6. The molecule has 1 unspecified atom stereocenters. The number of nitrogens with one attached hydrogen (secondary N) is 1. The number of likely N-dealkylation sites (N-methyl/N-ethyl adjacent to an activating group) is 1. The van der Waals surface area contributed by atoms with Crippen molar-refractivity contribution < 1.29 is 14.3 Å². The van der Waals surface area contributed by atoms with Crippen LogP contribution in [-0.2, 0) is 9.53 Å². The van der Waals surface area contributed by atoms with Gasteiger partial charge in [-0.25, -0.2) is 9.69 Å². The Balaban J connectivity index is 4.52. The molecule has 0 heterocycles. The van der Waals surface area contributed by atoms with E-state index < -0.39 is 18.0 Å². The van der Waals surface area contributed by atoms with Gasteiger partial charge in [-0.3, -0.25) is 4.79 Å². The number of hydrogen-bond acceptors (Lipinski definition) is 5. The molecule has 0 saturated carbocycles. The highest BCUT2D eigenvalue weighted by Gasteiger charge is 2.25. The molecule has 1 atom stereocenters. The van der Waals surface area contributed by atoms with Gasteiger partial charge in [-0.05, 0) is 19.1 Å². The first-order valence-corrected chi connectivity index (χ1v) is 7.48. The van der Waals surface area contributed by atoms with Crippen molar-refractivity contribution in [1.82, 2.24) is 10.2 Å². The average Bonchev–Trinajstić information content (AvgIpc) is 2.37. The molecule has 108 valence electrons. The lowest BCUT2D eigenvalue weighted by Crippen LogP contribution is -2.48.